The number of nitrogens with zero attached hydrogens (tertiary/aromatic N) is 5. The molecular formula is C43H58N6O4SSi2. The van der Waals surface area contributed by atoms with Gasteiger partial charge in [-0.3, -0.25) is 0 Å². The third-order valence-corrected chi connectivity index (χ3v) is 22.3. The monoisotopic (exact) mass is 810 g/mol. The zero-order chi connectivity index (χ0) is 41.0. The van der Waals surface area contributed by atoms with E-state index in [0.29, 0.717) is 28.5 Å². The van der Waals surface area contributed by atoms with Gasteiger partial charge in [-0.2, -0.15) is 17.0 Å². The normalized spacial score (nSPS) is 19.5. The molecule has 4 heterocycles. The van der Waals surface area contributed by atoms with Crippen molar-refractivity contribution in [1.82, 2.24) is 19.7 Å². The average molecular weight is 811 g/mol. The molecule has 1 saturated heterocycles. The van der Waals surface area contributed by atoms with Crippen LogP contribution >= 0.6 is 11.8 Å². The number of ether oxygens (including phenoxy) is 1. The van der Waals surface area contributed by atoms with E-state index < -0.39 is 29.0 Å². The Morgan fingerprint density at radius 1 is 0.875 bits per heavy atom. The number of nitrogen functional groups attached to an aromatic ring is 1. The highest BCUT2D eigenvalue weighted by molar-refractivity contribution is 7.98. The highest BCUT2D eigenvalue weighted by Crippen LogP contribution is 2.48. The Balaban J connectivity index is 1.44. The molecule has 1 fully saturated rings. The fourth-order valence-corrected chi connectivity index (χ4v) is 10.3. The molecule has 5 aromatic rings. The summed E-state index contributed by atoms with van der Waals surface area (Å²) in [5.74, 6) is 2.53. The third kappa shape index (κ3) is 8.15. The molecule has 4 atom stereocenters. The minimum absolute atomic E-state index is 0.0461. The fraction of sp³-hybridized carbons (Fsp3) is 0.488. The van der Waals surface area contributed by atoms with Crippen molar-refractivity contribution in [2.75, 3.05) is 11.5 Å². The van der Waals surface area contributed by atoms with Crippen molar-refractivity contribution in [1.29, 1.82) is 5.26 Å². The Labute approximate surface area is 338 Å². The van der Waals surface area contributed by atoms with Crippen LogP contribution in [0.15, 0.2) is 59.5 Å². The Bertz CT molecular complexity index is 2250. The summed E-state index contributed by atoms with van der Waals surface area (Å²) in [7, 11) is -4.74. The second-order valence-corrected chi connectivity index (χ2v) is 28.8. The molecule has 6 rings (SSSR count). The van der Waals surface area contributed by atoms with Gasteiger partial charge in [-0.15, -0.1) is 0 Å². The van der Waals surface area contributed by atoms with Crippen LogP contribution in [0, 0.1) is 32.1 Å². The standard InChI is InChI=1S/C43H58N6O4SSi2/c1-26-14-17-31(20-27(26)2)36-33(28(3)48-51-36)23-54-24-34-37(52-55(10,11)42(4,5)6)38(53-56(12,13)43(7,8)9)41(50-34)49-22-32(30-18-15-29(21-44)16-19-30)35-39(45)46-25-47-40(35)49/h14-20,22,25,34,37-38,41H,23-24H2,1-13H3,(H2,45,46,47)/t34-,37-,38-,41-/m1/s1. The van der Waals surface area contributed by atoms with Gasteiger partial charge in [0, 0.05) is 34.4 Å². The minimum Gasteiger partial charge on any atom is -0.408 e. The molecular weight excluding hydrogens is 753 g/mol. The smallest absolute Gasteiger partial charge is 0.192 e. The third-order valence-electron chi connectivity index (χ3n) is 12.3. The molecule has 2 aromatic carbocycles. The molecule has 0 spiro atoms. The maximum absolute atomic E-state index is 9.50. The number of fused-ring (bicyclic) bond motifs is 1. The Morgan fingerprint density at radius 3 is 2.11 bits per heavy atom. The van der Waals surface area contributed by atoms with Crippen LogP contribution in [0.1, 0.15) is 75.7 Å². The first kappa shape index (κ1) is 41.8. The van der Waals surface area contributed by atoms with E-state index in [1.54, 1.807) is 11.8 Å². The Kier molecular flexibility index (Phi) is 11.6. The first-order valence-electron chi connectivity index (χ1n) is 19.4. The van der Waals surface area contributed by atoms with Crippen molar-refractivity contribution in [2.24, 2.45) is 0 Å². The summed E-state index contributed by atoms with van der Waals surface area (Å²) < 4.78 is 30.2. The number of aromatic nitrogens is 4. The quantitative estimate of drug-likeness (QED) is 0.128. The number of thioether (sulfide) groups is 1. The summed E-state index contributed by atoms with van der Waals surface area (Å²) in [6.45, 7) is 29.0. The fourth-order valence-electron chi connectivity index (χ4n) is 6.56. The lowest BCUT2D eigenvalue weighted by molar-refractivity contribution is -0.0243. The Morgan fingerprint density at radius 2 is 1.50 bits per heavy atom. The summed E-state index contributed by atoms with van der Waals surface area (Å²) in [5, 5.41) is 14.5. The number of benzene rings is 2. The van der Waals surface area contributed by atoms with Crippen molar-refractivity contribution in [2.45, 2.75) is 129 Å². The molecule has 10 nitrogen and oxygen atoms in total. The lowest BCUT2D eigenvalue weighted by Gasteiger charge is -2.44. The topological polar surface area (TPSA) is 134 Å². The number of nitrogens with two attached hydrogens (primary N) is 1. The van der Waals surface area contributed by atoms with E-state index >= 15 is 0 Å². The molecule has 1 aliphatic heterocycles. The van der Waals surface area contributed by atoms with Crippen LogP contribution in [0.2, 0.25) is 36.3 Å². The van der Waals surface area contributed by atoms with E-state index in [4.69, 9.17) is 28.8 Å². The predicted molar refractivity (Wildman–Crippen MR) is 232 cm³/mol. The van der Waals surface area contributed by atoms with Crippen LogP contribution in [0.3, 0.4) is 0 Å². The van der Waals surface area contributed by atoms with Gasteiger partial charge in [-0.1, -0.05) is 71.0 Å². The van der Waals surface area contributed by atoms with Crippen molar-refractivity contribution in [3.63, 3.8) is 0 Å². The number of hydrogen-bond donors (Lipinski definition) is 1. The maximum atomic E-state index is 9.50. The van der Waals surface area contributed by atoms with Gasteiger partial charge in [-0.25, -0.2) is 9.97 Å². The van der Waals surface area contributed by atoms with Crippen molar-refractivity contribution >= 4 is 45.2 Å². The van der Waals surface area contributed by atoms with Gasteiger partial charge in [0.05, 0.1) is 28.8 Å². The summed E-state index contributed by atoms with van der Waals surface area (Å²) in [5.41, 5.74) is 15.1. The molecule has 0 unspecified atom stereocenters. The van der Waals surface area contributed by atoms with E-state index in [0.717, 1.165) is 39.1 Å². The molecule has 0 saturated carbocycles. The molecule has 13 heteroatoms. The summed E-state index contributed by atoms with van der Waals surface area (Å²) in [6, 6.07) is 16.1. The Hall–Kier alpha value is -3.78. The van der Waals surface area contributed by atoms with Gasteiger partial charge in [0.15, 0.2) is 28.6 Å². The number of rotatable bonds is 11. The number of aryl methyl sites for hydroxylation is 3. The van der Waals surface area contributed by atoms with Crippen LogP contribution in [0.5, 0.6) is 0 Å². The highest BCUT2D eigenvalue weighted by Gasteiger charge is 2.54. The minimum atomic E-state index is -2.39. The number of anilines is 1. The SMILES string of the molecule is Cc1ccc(-c2onc(C)c2CSC[C@H]2O[C@@H](n3cc(-c4ccc(C#N)cc4)c4c(N)ncnc43)[C@H](O[Si](C)(C)C(C)(C)C)[C@@H]2O[Si](C)(C)C(C)(C)C)cc1C. The zero-order valence-electron chi connectivity index (χ0n) is 35.3. The largest absolute Gasteiger partial charge is 0.408 e. The van der Waals surface area contributed by atoms with Crippen LogP contribution in [-0.2, 0) is 19.3 Å². The molecule has 0 bridgehead atoms. The van der Waals surface area contributed by atoms with Gasteiger partial charge >= 0.3 is 0 Å². The van der Waals surface area contributed by atoms with Gasteiger partial charge in [-0.05, 0) is 91.9 Å². The first-order valence-corrected chi connectivity index (χ1v) is 26.3. The first-order chi connectivity index (χ1) is 26.1. The van der Waals surface area contributed by atoms with E-state index in [2.05, 4.69) is 127 Å². The molecule has 0 radical (unpaired) electrons. The predicted octanol–water partition coefficient (Wildman–Crippen LogP) is 10.7. The average Bonchev–Trinajstić information content (AvgIpc) is 3.78. The van der Waals surface area contributed by atoms with E-state index in [-0.39, 0.29) is 22.3 Å². The molecule has 3 aromatic heterocycles. The van der Waals surface area contributed by atoms with Gasteiger partial charge in [0.25, 0.3) is 0 Å². The van der Waals surface area contributed by atoms with Crippen molar-refractivity contribution in [3.8, 4) is 28.5 Å². The van der Waals surface area contributed by atoms with E-state index in [1.165, 1.54) is 17.5 Å². The molecule has 298 valence electrons. The van der Waals surface area contributed by atoms with Crippen LogP contribution < -0.4 is 5.73 Å². The zero-order valence-corrected chi connectivity index (χ0v) is 38.1. The number of nitriles is 1. The van der Waals surface area contributed by atoms with Crippen molar-refractivity contribution < 1.29 is 18.1 Å². The van der Waals surface area contributed by atoms with Crippen LogP contribution in [0.25, 0.3) is 33.5 Å². The highest BCUT2D eigenvalue weighted by atomic mass is 32.2. The molecule has 0 amide bonds. The summed E-state index contributed by atoms with van der Waals surface area (Å²) in [4.78, 5) is 9.20. The summed E-state index contributed by atoms with van der Waals surface area (Å²) >= 11 is 1.80. The second kappa shape index (κ2) is 15.5. The lowest BCUT2D eigenvalue weighted by atomic mass is 10.0. The maximum Gasteiger partial charge on any atom is 0.192 e. The molecule has 56 heavy (non-hydrogen) atoms. The van der Waals surface area contributed by atoms with Gasteiger partial charge in [0.1, 0.15) is 30.0 Å². The van der Waals surface area contributed by atoms with Crippen LogP contribution in [-0.4, -0.2) is 60.4 Å². The molecule has 2 N–H and O–H groups in total. The van der Waals surface area contributed by atoms with Gasteiger partial charge in [0.2, 0.25) is 0 Å². The summed E-state index contributed by atoms with van der Waals surface area (Å²) in [6.07, 6.45) is 1.87. The van der Waals surface area contributed by atoms with E-state index in [9.17, 15) is 5.26 Å². The number of hydrogen-bond acceptors (Lipinski definition) is 10. The second-order valence-electron chi connectivity index (χ2n) is 18.2. The lowest BCUT2D eigenvalue weighted by Crippen LogP contribution is -2.53. The van der Waals surface area contributed by atoms with E-state index in [1.807, 2.05) is 31.2 Å². The van der Waals surface area contributed by atoms with Crippen LogP contribution in [0.4, 0.5) is 5.82 Å². The molecule has 0 aliphatic carbocycles. The van der Waals surface area contributed by atoms with Gasteiger partial charge < -0.3 is 28.4 Å². The van der Waals surface area contributed by atoms with Crippen molar-refractivity contribution in [3.05, 3.63) is 82.9 Å². The molecule has 1 aliphatic rings.